The van der Waals surface area contributed by atoms with Crippen LogP contribution in [0, 0.1) is 0 Å². The molecule has 0 saturated carbocycles. The van der Waals surface area contributed by atoms with Crippen molar-refractivity contribution in [3.63, 3.8) is 0 Å². The van der Waals surface area contributed by atoms with Gasteiger partial charge in [-0.05, 0) is 18.1 Å². The molecule has 1 aliphatic rings. The van der Waals surface area contributed by atoms with E-state index < -0.39 is 0 Å². The molecule has 1 heterocycles. The molecule has 5 nitrogen and oxygen atoms in total. The van der Waals surface area contributed by atoms with E-state index in [0.717, 1.165) is 18.7 Å². The third kappa shape index (κ3) is 4.21. The summed E-state index contributed by atoms with van der Waals surface area (Å²) in [5, 5.41) is 14.8. The molecule has 1 amide bonds. The van der Waals surface area contributed by atoms with Crippen LogP contribution in [0.1, 0.15) is 24.3 Å². The molecule has 0 saturated heterocycles. The Morgan fingerprint density at radius 1 is 1.40 bits per heavy atom. The smallest absolute Gasteiger partial charge is 0.220 e. The number of amides is 1. The van der Waals surface area contributed by atoms with Crippen molar-refractivity contribution in [3.8, 4) is 0 Å². The van der Waals surface area contributed by atoms with Gasteiger partial charge in [-0.15, -0.1) is 0 Å². The lowest BCUT2D eigenvalue weighted by Crippen LogP contribution is -2.27. The number of hydrogen-bond donors (Lipinski definition) is 3. The summed E-state index contributed by atoms with van der Waals surface area (Å²) in [4.78, 5) is 11.9. The normalized spacial score (nSPS) is 16.6. The van der Waals surface area contributed by atoms with Gasteiger partial charge in [0.1, 0.15) is 0 Å². The Morgan fingerprint density at radius 2 is 2.25 bits per heavy atom. The lowest BCUT2D eigenvalue weighted by Gasteiger charge is -2.10. The van der Waals surface area contributed by atoms with Crippen LogP contribution in [0.4, 0.5) is 5.69 Å². The van der Waals surface area contributed by atoms with Gasteiger partial charge >= 0.3 is 0 Å². The zero-order chi connectivity index (χ0) is 14.2. The Bertz CT molecular complexity index is 437. The van der Waals surface area contributed by atoms with Gasteiger partial charge < -0.3 is 20.5 Å². The Kier molecular flexibility index (Phi) is 5.83. The number of carbonyl (C=O) groups is 1. The van der Waals surface area contributed by atoms with Crippen molar-refractivity contribution in [3.05, 3.63) is 29.8 Å². The number of fused-ring (bicyclic) bond motifs is 1. The first-order chi connectivity index (χ1) is 9.81. The van der Waals surface area contributed by atoms with E-state index in [0.29, 0.717) is 26.2 Å². The summed E-state index contributed by atoms with van der Waals surface area (Å²) in [5.41, 5.74) is 2.37. The van der Waals surface area contributed by atoms with Crippen molar-refractivity contribution in [1.29, 1.82) is 0 Å². The number of nitrogens with one attached hydrogen (secondary N) is 2. The Balaban J connectivity index is 1.66. The van der Waals surface area contributed by atoms with Crippen LogP contribution in [0.5, 0.6) is 0 Å². The minimum absolute atomic E-state index is 0.0421. The summed E-state index contributed by atoms with van der Waals surface area (Å²) in [6.45, 7) is 2.41. The van der Waals surface area contributed by atoms with E-state index in [1.807, 2.05) is 18.2 Å². The predicted molar refractivity (Wildman–Crippen MR) is 77.8 cm³/mol. The molecule has 0 bridgehead atoms. The van der Waals surface area contributed by atoms with Crippen molar-refractivity contribution < 1.29 is 14.6 Å². The van der Waals surface area contributed by atoms with Crippen LogP contribution in [0.25, 0.3) is 0 Å². The van der Waals surface area contributed by atoms with Gasteiger partial charge in [-0.1, -0.05) is 18.2 Å². The van der Waals surface area contributed by atoms with Crippen molar-refractivity contribution in [2.24, 2.45) is 0 Å². The molecule has 0 aromatic heterocycles. The SMILES string of the molecule is O=C(CC1CNc2ccccc21)NCCCOCCO. The second-order valence-electron chi connectivity index (χ2n) is 4.91. The Morgan fingerprint density at radius 3 is 3.10 bits per heavy atom. The molecule has 1 aliphatic heterocycles. The molecule has 1 aromatic carbocycles. The van der Waals surface area contributed by atoms with Crippen molar-refractivity contribution in [1.82, 2.24) is 5.32 Å². The molecule has 1 unspecified atom stereocenters. The van der Waals surface area contributed by atoms with E-state index in [9.17, 15) is 4.79 Å². The number of rotatable bonds is 8. The molecule has 0 spiro atoms. The van der Waals surface area contributed by atoms with Gasteiger partial charge in [0.25, 0.3) is 0 Å². The monoisotopic (exact) mass is 278 g/mol. The predicted octanol–water partition coefficient (Wildman–Crippen LogP) is 1.10. The average molecular weight is 278 g/mol. The lowest BCUT2D eigenvalue weighted by atomic mass is 9.97. The maximum atomic E-state index is 11.9. The van der Waals surface area contributed by atoms with Gasteiger partial charge in [-0.25, -0.2) is 0 Å². The van der Waals surface area contributed by atoms with E-state index in [4.69, 9.17) is 9.84 Å². The summed E-state index contributed by atoms with van der Waals surface area (Å²) in [7, 11) is 0. The van der Waals surface area contributed by atoms with Crippen molar-refractivity contribution in [2.45, 2.75) is 18.8 Å². The van der Waals surface area contributed by atoms with E-state index in [1.165, 1.54) is 5.56 Å². The summed E-state index contributed by atoms with van der Waals surface area (Å²) in [5.74, 6) is 0.340. The standard InChI is InChI=1S/C15H22N2O3/c18-7-9-20-8-3-6-16-15(19)10-12-11-17-14-5-2-1-4-13(12)14/h1-2,4-5,12,17-18H,3,6-11H2,(H,16,19). The number of ether oxygens (including phenoxy) is 1. The number of carbonyl (C=O) groups excluding carboxylic acids is 1. The fraction of sp³-hybridized carbons (Fsp3) is 0.533. The first-order valence-corrected chi connectivity index (χ1v) is 7.09. The third-order valence-electron chi connectivity index (χ3n) is 3.39. The van der Waals surface area contributed by atoms with Gasteiger partial charge in [-0.2, -0.15) is 0 Å². The fourth-order valence-corrected chi connectivity index (χ4v) is 2.40. The highest BCUT2D eigenvalue weighted by molar-refractivity contribution is 5.78. The molecule has 110 valence electrons. The molecule has 1 atom stereocenters. The van der Waals surface area contributed by atoms with E-state index in [1.54, 1.807) is 0 Å². The first kappa shape index (κ1) is 14.8. The second kappa shape index (κ2) is 7.87. The average Bonchev–Trinajstić information content (AvgIpc) is 2.86. The van der Waals surface area contributed by atoms with E-state index >= 15 is 0 Å². The molecule has 0 fully saturated rings. The molecular weight excluding hydrogens is 256 g/mol. The zero-order valence-corrected chi connectivity index (χ0v) is 11.6. The quantitative estimate of drug-likeness (QED) is 0.623. The van der Waals surface area contributed by atoms with Gasteiger partial charge in [0.2, 0.25) is 5.91 Å². The van der Waals surface area contributed by atoms with Crippen LogP contribution in [0.2, 0.25) is 0 Å². The van der Waals surface area contributed by atoms with Gasteiger partial charge in [0.15, 0.2) is 0 Å². The Labute approximate surface area is 119 Å². The molecule has 5 heteroatoms. The van der Waals surface area contributed by atoms with Gasteiger partial charge in [-0.3, -0.25) is 4.79 Å². The second-order valence-corrected chi connectivity index (χ2v) is 4.91. The van der Waals surface area contributed by atoms with Crippen LogP contribution in [0.3, 0.4) is 0 Å². The van der Waals surface area contributed by atoms with Crippen LogP contribution in [0.15, 0.2) is 24.3 Å². The Hall–Kier alpha value is -1.59. The number of hydrogen-bond acceptors (Lipinski definition) is 4. The molecule has 1 aromatic rings. The number of benzene rings is 1. The molecule has 0 radical (unpaired) electrons. The minimum Gasteiger partial charge on any atom is -0.394 e. The maximum Gasteiger partial charge on any atom is 0.220 e. The van der Waals surface area contributed by atoms with Gasteiger partial charge in [0, 0.05) is 37.7 Å². The number of anilines is 1. The number of aliphatic hydroxyl groups excluding tert-OH is 1. The lowest BCUT2D eigenvalue weighted by molar-refractivity contribution is -0.121. The largest absolute Gasteiger partial charge is 0.394 e. The maximum absolute atomic E-state index is 11.9. The highest BCUT2D eigenvalue weighted by atomic mass is 16.5. The van der Waals surface area contributed by atoms with Crippen LogP contribution < -0.4 is 10.6 Å². The highest BCUT2D eigenvalue weighted by Gasteiger charge is 2.23. The first-order valence-electron chi connectivity index (χ1n) is 7.09. The van der Waals surface area contributed by atoms with Crippen LogP contribution >= 0.6 is 0 Å². The summed E-state index contributed by atoms with van der Waals surface area (Å²) >= 11 is 0. The van der Waals surface area contributed by atoms with Crippen LogP contribution in [-0.4, -0.2) is 43.9 Å². The molecular formula is C15H22N2O3. The van der Waals surface area contributed by atoms with Crippen LogP contribution in [-0.2, 0) is 9.53 Å². The minimum atomic E-state index is 0.0421. The zero-order valence-electron chi connectivity index (χ0n) is 11.6. The fourth-order valence-electron chi connectivity index (χ4n) is 2.40. The molecule has 3 N–H and O–H groups in total. The van der Waals surface area contributed by atoms with Crippen molar-refractivity contribution in [2.75, 3.05) is 38.2 Å². The summed E-state index contributed by atoms with van der Waals surface area (Å²) in [6, 6.07) is 8.14. The molecule has 20 heavy (non-hydrogen) atoms. The number of aliphatic hydroxyl groups is 1. The highest BCUT2D eigenvalue weighted by Crippen LogP contribution is 2.32. The van der Waals surface area contributed by atoms with Crippen molar-refractivity contribution >= 4 is 11.6 Å². The summed E-state index contributed by atoms with van der Waals surface area (Å²) in [6.07, 6.45) is 1.28. The van der Waals surface area contributed by atoms with Gasteiger partial charge in [0.05, 0.1) is 13.2 Å². The summed E-state index contributed by atoms with van der Waals surface area (Å²) < 4.78 is 5.13. The third-order valence-corrected chi connectivity index (χ3v) is 3.39. The topological polar surface area (TPSA) is 70.6 Å². The van der Waals surface area contributed by atoms with E-state index in [2.05, 4.69) is 16.7 Å². The molecule has 0 aliphatic carbocycles. The molecule has 2 rings (SSSR count). The van der Waals surface area contributed by atoms with E-state index in [-0.39, 0.29) is 18.4 Å². The number of para-hydroxylation sites is 1.